The second kappa shape index (κ2) is 7.03. The molecule has 1 aliphatic rings. The molecule has 0 unspecified atom stereocenters. The van der Waals surface area contributed by atoms with E-state index >= 15 is 0 Å². The van der Waals surface area contributed by atoms with Crippen molar-refractivity contribution >= 4 is 11.8 Å². The van der Waals surface area contributed by atoms with E-state index in [0.29, 0.717) is 6.04 Å². The Morgan fingerprint density at radius 3 is 2.68 bits per heavy atom. The zero-order valence-electron chi connectivity index (χ0n) is 16.1. The van der Waals surface area contributed by atoms with Crippen LogP contribution < -0.4 is 10.2 Å². The minimum absolute atomic E-state index is 0.108. The Balaban J connectivity index is 1.95. The van der Waals surface area contributed by atoms with Gasteiger partial charge in [-0.25, -0.2) is 4.98 Å². The first kappa shape index (κ1) is 17.7. The average Bonchev–Trinajstić information content (AvgIpc) is 2.60. The van der Waals surface area contributed by atoms with Gasteiger partial charge >= 0.3 is 0 Å². The molecule has 134 valence electrons. The molecule has 0 aliphatic carbocycles. The number of aryl methyl sites for hydroxylation is 1. The van der Waals surface area contributed by atoms with Gasteiger partial charge < -0.3 is 10.2 Å². The quantitative estimate of drug-likeness (QED) is 0.868. The lowest BCUT2D eigenvalue weighted by atomic mass is 9.78. The first-order chi connectivity index (χ1) is 11.9. The van der Waals surface area contributed by atoms with Gasteiger partial charge in [0.05, 0.1) is 0 Å². The molecular weight excluding hydrogens is 308 g/mol. The Hall–Kier alpha value is -2.10. The molecule has 0 amide bonds. The number of aromatic nitrogens is 2. The Morgan fingerprint density at radius 2 is 1.96 bits per heavy atom. The van der Waals surface area contributed by atoms with Gasteiger partial charge in [-0.15, -0.1) is 0 Å². The first-order valence-electron chi connectivity index (χ1n) is 9.40. The molecule has 1 aromatic carbocycles. The van der Waals surface area contributed by atoms with Crippen LogP contribution >= 0.6 is 0 Å². The van der Waals surface area contributed by atoms with Gasteiger partial charge in [-0.1, -0.05) is 52.0 Å². The molecule has 0 spiro atoms. The van der Waals surface area contributed by atoms with Gasteiger partial charge in [0, 0.05) is 36.3 Å². The van der Waals surface area contributed by atoms with Crippen LogP contribution in [-0.2, 0) is 18.4 Å². The summed E-state index contributed by atoms with van der Waals surface area (Å²) in [4.78, 5) is 11.9. The molecule has 2 heterocycles. The maximum Gasteiger partial charge on any atom is 0.225 e. The smallest absolute Gasteiger partial charge is 0.225 e. The Bertz CT molecular complexity index is 738. The SMILES string of the molecule is CCc1cc(N2Cc3ccccc3C(C)(C)C2)nc(N[C@@H](C)CC)n1. The topological polar surface area (TPSA) is 41.1 Å². The number of hydrogen-bond donors (Lipinski definition) is 1. The number of anilines is 2. The number of nitrogens with zero attached hydrogens (tertiary/aromatic N) is 3. The number of fused-ring (bicyclic) bond motifs is 1. The second-order valence-electron chi connectivity index (χ2n) is 7.75. The summed E-state index contributed by atoms with van der Waals surface area (Å²) in [5, 5.41) is 3.44. The maximum atomic E-state index is 4.84. The molecule has 1 N–H and O–H groups in total. The minimum atomic E-state index is 0.108. The molecule has 4 nitrogen and oxygen atoms in total. The van der Waals surface area contributed by atoms with Crippen LogP contribution in [0.3, 0.4) is 0 Å². The highest BCUT2D eigenvalue weighted by atomic mass is 15.2. The number of benzene rings is 1. The van der Waals surface area contributed by atoms with Crippen molar-refractivity contribution in [2.24, 2.45) is 0 Å². The van der Waals surface area contributed by atoms with Gasteiger partial charge in [-0.3, -0.25) is 0 Å². The highest BCUT2D eigenvalue weighted by molar-refractivity contribution is 5.50. The second-order valence-corrected chi connectivity index (χ2v) is 7.75. The average molecular weight is 338 g/mol. The van der Waals surface area contributed by atoms with Gasteiger partial charge in [0.2, 0.25) is 5.95 Å². The molecule has 3 rings (SSSR count). The molecule has 0 bridgehead atoms. The fourth-order valence-electron chi connectivity index (χ4n) is 3.52. The van der Waals surface area contributed by atoms with E-state index in [-0.39, 0.29) is 5.41 Å². The molecule has 1 aromatic heterocycles. The van der Waals surface area contributed by atoms with Gasteiger partial charge in [-0.05, 0) is 30.9 Å². The molecule has 4 heteroatoms. The number of rotatable bonds is 5. The monoisotopic (exact) mass is 338 g/mol. The van der Waals surface area contributed by atoms with Gasteiger partial charge in [-0.2, -0.15) is 4.98 Å². The van der Waals surface area contributed by atoms with E-state index in [1.807, 2.05) is 0 Å². The van der Waals surface area contributed by atoms with E-state index in [4.69, 9.17) is 4.98 Å². The van der Waals surface area contributed by atoms with Crippen LogP contribution in [0, 0.1) is 0 Å². The Morgan fingerprint density at radius 1 is 1.20 bits per heavy atom. The summed E-state index contributed by atoms with van der Waals surface area (Å²) in [6.45, 7) is 13.0. The van der Waals surface area contributed by atoms with E-state index in [0.717, 1.165) is 43.4 Å². The normalized spacial score (nSPS) is 17.1. The predicted octanol–water partition coefficient (Wildman–Crippen LogP) is 4.55. The van der Waals surface area contributed by atoms with Crippen molar-refractivity contribution < 1.29 is 0 Å². The third-order valence-corrected chi connectivity index (χ3v) is 5.13. The van der Waals surface area contributed by atoms with Crippen molar-refractivity contribution in [3.8, 4) is 0 Å². The Labute approximate surface area is 151 Å². The van der Waals surface area contributed by atoms with Crippen LogP contribution in [0.25, 0.3) is 0 Å². The van der Waals surface area contributed by atoms with Crippen molar-refractivity contribution in [2.45, 2.75) is 65.5 Å². The summed E-state index contributed by atoms with van der Waals surface area (Å²) in [5.41, 5.74) is 4.05. The standard InChI is InChI=1S/C21H30N4/c1-6-15(3)22-20-23-17(7-2)12-19(24-20)25-13-16-10-8-9-11-18(16)21(4,5)14-25/h8-12,15H,6-7,13-14H2,1-5H3,(H,22,23,24)/t15-/m0/s1. The summed E-state index contributed by atoms with van der Waals surface area (Å²) in [5.74, 6) is 1.78. The van der Waals surface area contributed by atoms with Crippen molar-refractivity contribution in [1.29, 1.82) is 0 Å². The molecule has 2 aromatic rings. The molecule has 0 saturated heterocycles. The van der Waals surface area contributed by atoms with Crippen LogP contribution in [0.4, 0.5) is 11.8 Å². The third kappa shape index (κ3) is 3.78. The first-order valence-corrected chi connectivity index (χ1v) is 9.40. The van der Waals surface area contributed by atoms with Crippen molar-refractivity contribution in [3.05, 3.63) is 47.2 Å². The van der Waals surface area contributed by atoms with Crippen LogP contribution in [0.15, 0.2) is 30.3 Å². The molecule has 25 heavy (non-hydrogen) atoms. The molecule has 0 saturated carbocycles. The maximum absolute atomic E-state index is 4.84. The predicted molar refractivity (Wildman–Crippen MR) is 105 cm³/mol. The molecule has 1 atom stereocenters. The summed E-state index contributed by atoms with van der Waals surface area (Å²) >= 11 is 0. The number of hydrogen-bond acceptors (Lipinski definition) is 4. The van der Waals surface area contributed by atoms with E-state index in [2.05, 4.69) is 80.2 Å². The van der Waals surface area contributed by atoms with E-state index in [9.17, 15) is 0 Å². The van der Waals surface area contributed by atoms with Crippen molar-refractivity contribution in [3.63, 3.8) is 0 Å². The lowest BCUT2D eigenvalue weighted by Crippen LogP contribution is -2.42. The molecule has 0 fully saturated rings. The highest BCUT2D eigenvalue weighted by Crippen LogP contribution is 2.35. The van der Waals surface area contributed by atoms with Gasteiger partial charge in [0.25, 0.3) is 0 Å². The fourth-order valence-corrected chi connectivity index (χ4v) is 3.52. The zero-order valence-corrected chi connectivity index (χ0v) is 16.1. The summed E-state index contributed by atoms with van der Waals surface area (Å²) < 4.78 is 0. The van der Waals surface area contributed by atoms with E-state index in [1.54, 1.807) is 0 Å². The van der Waals surface area contributed by atoms with E-state index < -0.39 is 0 Å². The van der Waals surface area contributed by atoms with Crippen LogP contribution in [0.1, 0.15) is 57.9 Å². The van der Waals surface area contributed by atoms with E-state index in [1.165, 1.54) is 11.1 Å². The summed E-state index contributed by atoms with van der Waals surface area (Å²) in [7, 11) is 0. The lowest BCUT2D eigenvalue weighted by Gasteiger charge is -2.40. The molecular formula is C21H30N4. The van der Waals surface area contributed by atoms with Gasteiger partial charge in [0.15, 0.2) is 0 Å². The molecule has 0 radical (unpaired) electrons. The Kier molecular flexibility index (Phi) is 4.98. The minimum Gasteiger partial charge on any atom is -0.352 e. The van der Waals surface area contributed by atoms with Gasteiger partial charge in [0.1, 0.15) is 5.82 Å². The van der Waals surface area contributed by atoms with Crippen LogP contribution in [0.5, 0.6) is 0 Å². The molecule has 1 aliphatic heterocycles. The fraction of sp³-hybridized carbons (Fsp3) is 0.524. The highest BCUT2D eigenvalue weighted by Gasteiger charge is 2.32. The van der Waals surface area contributed by atoms with Crippen LogP contribution in [0.2, 0.25) is 0 Å². The zero-order chi connectivity index (χ0) is 18.0. The lowest BCUT2D eigenvalue weighted by molar-refractivity contribution is 0.474. The van der Waals surface area contributed by atoms with Crippen molar-refractivity contribution in [2.75, 3.05) is 16.8 Å². The van der Waals surface area contributed by atoms with Crippen molar-refractivity contribution in [1.82, 2.24) is 9.97 Å². The summed E-state index contributed by atoms with van der Waals surface area (Å²) in [6.07, 6.45) is 1.97. The van der Waals surface area contributed by atoms with Crippen LogP contribution in [-0.4, -0.2) is 22.6 Å². The largest absolute Gasteiger partial charge is 0.352 e. The number of nitrogens with one attached hydrogen (secondary N) is 1. The third-order valence-electron chi connectivity index (χ3n) is 5.13. The summed E-state index contributed by atoms with van der Waals surface area (Å²) in [6, 6.07) is 11.3.